The Morgan fingerprint density at radius 3 is 2.71 bits per heavy atom. The van der Waals surface area contributed by atoms with Crippen LogP contribution in [0.25, 0.3) is 0 Å². The van der Waals surface area contributed by atoms with Crippen molar-refractivity contribution < 1.29 is 4.74 Å². The van der Waals surface area contributed by atoms with Gasteiger partial charge < -0.3 is 15.0 Å². The Morgan fingerprint density at radius 2 is 2.00 bits per heavy atom. The Balaban J connectivity index is 1.77. The maximum atomic E-state index is 6.50. The summed E-state index contributed by atoms with van der Waals surface area (Å²) in [5, 5.41) is 3.66. The standard InChI is InChI=1S/C18H28N2O/c1-3-11-20-12-9-18(10-13-20)14-16(19-4-2)15-7-5-6-8-17(15)21-18/h5-8,16,19H,3-4,9-14H2,1-2H3. The fraction of sp³-hybridized carbons (Fsp3) is 0.667. The van der Waals surface area contributed by atoms with Gasteiger partial charge in [0, 0.05) is 31.1 Å². The van der Waals surface area contributed by atoms with Crippen LogP contribution < -0.4 is 10.1 Å². The van der Waals surface area contributed by atoms with E-state index in [1.807, 2.05) is 0 Å². The van der Waals surface area contributed by atoms with Crippen LogP contribution in [0.1, 0.15) is 51.1 Å². The fourth-order valence-corrected chi connectivity index (χ4v) is 3.85. The lowest BCUT2D eigenvalue weighted by Gasteiger charge is -2.47. The average molecular weight is 288 g/mol. The van der Waals surface area contributed by atoms with E-state index in [1.165, 1.54) is 31.6 Å². The maximum Gasteiger partial charge on any atom is 0.124 e. The third-order valence-electron chi connectivity index (χ3n) is 4.95. The molecule has 2 aliphatic rings. The maximum absolute atomic E-state index is 6.50. The molecule has 1 aromatic carbocycles. The molecule has 1 saturated heterocycles. The van der Waals surface area contributed by atoms with Crippen LogP contribution in [-0.2, 0) is 0 Å². The molecule has 21 heavy (non-hydrogen) atoms. The predicted molar refractivity (Wildman–Crippen MR) is 86.8 cm³/mol. The summed E-state index contributed by atoms with van der Waals surface area (Å²) in [5.41, 5.74) is 1.38. The first-order valence-corrected chi connectivity index (χ1v) is 8.50. The van der Waals surface area contributed by atoms with E-state index in [4.69, 9.17) is 4.74 Å². The van der Waals surface area contributed by atoms with Crippen molar-refractivity contribution in [2.45, 2.75) is 51.2 Å². The van der Waals surface area contributed by atoms with Gasteiger partial charge in [-0.25, -0.2) is 0 Å². The van der Waals surface area contributed by atoms with Gasteiger partial charge in [0.15, 0.2) is 0 Å². The van der Waals surface area contributed by atoms with Gasteiger partial charge in [-0.05, 0) is 38.4 Å². The molecule has 1 fully saturated rings. The second kappa shape index (κ2) is 6.37. The second-order valence-electron chi connectivity index (χ2n) is 6.48. The van der Waals surface area contributed by atoms with Gasteiger partial charge in [-0.15, -0.1) is 0 Å². The topological polar surface area (TPSA) is 24.5 Å². The van der Waals surface area contributed by atoms with Gasteiger partial charge in [0.05, 0.1) is 0 Å². The Kier molecular flexibility index (Phi) is 4.51. The number of para-hydroxylation sites is 1. The lowest BCUT2D eigenvalue weighted by molar-refractivity contribution is -0.0250. The molecule has 3 heteroatoms. The van der Waals surface area contributed by atoms with E-state index in [1.54, 1.807) is 0 Å². The summed E-state index contributed by atoms with van der Waals surface area (Å²) in [7, 11) is 0. The molecule has 0 aromatic heterocycles. The molecule has 0 aliphatic carbocycles. The van der Waals surface area contributed by atoms with E-state index in [9.17, 15) is 0 Å². The Labute approximate surface area is 128 Å². The first-order valence-electron chi connectivity index (χ1n) is 8.50. The summed E-state index contributed by atoms with van der Waals surface area (Å²) in [6.45, 7) is 9.04. The number of rotatable bonds is 4. The molecule has 0 saturated carbocycles. The summed E-state index contributed by atoms with van der Waals surface area (Å²) >= 11 is 0. The molecule has 1 unspecified atom stereocenters. The number of benzene rings is 1. The van der Waals surface area contributed by atoms with Gasteiger partial charge in [0.25, 0.3) is 0 Å². The molecule has 1 spiro atoms. The minimum Gasteiger partial charge on any atom is -0.487 e. The molecule has 2 heterocycles. The zero-order chi connectivity index (χ0) is 14.7. The van der Waals surface area contributed by atoms with E-state index in [0.29, 0.717) is 6.04 Å². The monoisotopic (exact) mass is 288 g/mol. The number of piperidine rings is 1. The Bertz CT molecular complexity index is 466. The highest BCUT2D eigenvalue weighted by Crippen LogP contribution is 2.44. The van der Waals surface area contributed by atoms with Crippen LogP contribution in [0.5, 0.6) is 5.75 Å². The molecule has 1 aromatic rings. The first kappa shape index (κ1) is 14.9. The number of hydrogen-bond acceptors (Lipinski definition) is 3. The SMILES string of the molecule is CCCN1CCC2(CC1)CC(NCC)c1ccccc1O2. The molecule has 3 nitrogen and oxygen atoms in total. The summed E-state index contributed by atoms with van der Waals surface area (Å²) in [6, 6.07) is 9.00. The Hall–Kier alpha value is -1.06. The molecule has 0 bridgehead atoms. The molecule has 3 rings (SSSR count). The lowest BCUT2D eigenvalue weighted by Crippen LogP contribution is -2.51. The van der Waals surface area contributed by atoms with Gasteiger partial charge in [0.2, 0.25) is 0 Å². The average Bonchev–Trinajstić information content (AvgIpc) is 2.50. The van der Waals surface area contributed by atoms with Crippen molar-refractivity contribution in [3.8, 4) is 5.75 Å². The zero-order valence-electron chi connectivity index (χ0n) is 13.4. The fourth-order valence-electron chi connectivity index (χ4n) is 3.85. The van der Waals surface area contributed by atoms with Crippen LogP contribution in [0.15, 0.2) is 24.3 Å². The zero-order valence-corrected chi connectivity index (χ0v) is 13.4. The molecular weight excluding hydrogens is 260 g/mol. The van der Waals surface area contributed by atoms with E-state index in [0.717, 1.165) is 31.6 Å². The Morgan fingerprint density at radius 1 is 1.24 bits per heavy atom. The van der Waals surface area contributed by atoms with Crippen LogP contribution in [0.4, 0.5) is 0 Å². The molecule has 2 aliphatic heterocycles. The summed E-state index contributed by atoms with van der Waals surface area (Å²) in [4.78, 5) is 2.58. The molecule has 1 N–H and O–H groups in total. The number of hydrogen-bond donors (Lipinski definition) is 1. The second-order valence-corrected chi connectivity index (χ2v) is 6.48. The van der Waals surface area contributed by atoms with E-state index < -0.39 is 0 Å². The van der Waals surface area contributed by atoms with Crippen molar-refractivity contribution in [2.75, 3.05) is 26.2 Å². The highest BCUT2D eigenvalue weighted by Gasteiger charge is 2.42. The van der Waals surface area contributed by atoms with Crippen LogP contribution in [-0.4, -0.2) is 36.7 Å². The number of nitrogens with zero attached hydrogens (tertiary/aromatic N) is 1. The summed E-state index contributed by atoms with van der Waals surface area (Å²) < 4.78 is 6.50. The summed E-state index contributed by atoms with van der Waals surface area (Å²) in [6.07, 6.45) is 4.67. The van der Waals surface area contributed by atoms with E-state index in [2.05, 4.69) is 48.3 Å². The third kappa shape index (κ3) is 3.09. The van der Waals surface area contributed by atoms with Gasteiger partial charge >= 0.3 is 0 Å². The number of fused-ring (bicyclic) bond motifs is 1. The smallest absolute Gasteiger partial charge is 0.124 e. The van der Waals surface area contributed by atoms with Crippen LogP contribution >= 0.6 is 0 Å². The largest absolute Gasteiger partial charge is 0.487 e. The van der Waals surface area contributed by atoms with Gasteiger partial charge in [-0.3, -0.25) is 0 Å². The highest BCUT2D eigenvalue weighted by molar-refractivity contribution is 5.39. The minimum absolute atomic E-state index is 0.0471. The number of likely N-dealkylation sites (tertiary alicyclic amines) is 1. The van der Waals surface area contributed by atoms with Crippen LogP contribution in [0.2, 0.25) is 0 Å². The molecule has 116 valence electrons. The predicted octanol–water partition coefficient (Wildman–Crippen LogP) is 3.36. The first-order chi connectivity index (χ1) is 10.3. The quantitative estimate of drug-likeness (QED) is 0.919. The molecule has 0 radical (unpaired) electrons. The van der Waals surface area contributed by atoms with Gasteiger partial charge in [0.1, 0.15) is 11.4 Å². The van der Waals surface area contributed by atoms with Crippen molar-refractivity contribution in [2.24, 2.45) is 0 Å². The minimum atomic E-state index is 0.0471. The normalized spacial score (nSPS) is 24.6. The number of ether oxygens (including phenoxy) is 1. The highest BCUT2D eigenvalue weighted by atomic mass is 16.5. The van der Waals surface area contributed by atoms with Gasteiger partial charge in [-0.2, -0.15) is 0 Å². The summed E-state index contributed by atoms with van der Waals surface area (Å²) in [5.74, 6) is 1.10. The lowest BCUT2D eigenvalue weighted by atomic mass is 9.80. The van der Waals surface area contributed by atoms with Crippen LogP contribution in [0.3, 0.4) is 0 Å². The van der Waals surface area contributed by atoms with Crippen LogP contribution in [0, 0.1) is 0 Å². The number of nitrogens with one attached hydrogen (secondary N) is 1. The van der Waals surface area contributed by atoms with Crippen molar-refractivity contribution in [1.82, 2.24) is 10.2 Å². The molecule has 0 amide bonds. The van der Waals surface area contributed by atoms with Crippen molar-refractivity contribution in [3.63, 3.8) is 0 Å². The van der Waals surface area contributed by atoms with E-state index in [-0.39, 0.29) is 5.60 Å². The van der Waals surface area contributed by atoms with Crippen molar-refractivity contribution in [1.29, 1.82) is 0 Å². The van der Waals surface area contributed by atoms with Crippen molar-refractivity contribution in [3.05, 3.63) is 29.8 Å². The van der Waals surface area contributed by atoms with Crippen molar-refractivity contribution >= 4 is 0 Å². The van der Waals surface area contributed by atoms with E-state index >= 15 is 0 Å². The third-order valence-corrected chi connectivity index (χ3v) is 4.95. The molecular formula is C18H28N2O. The molecule has 1 atom stereocenters. The van der Waals surface area contributed by atoms with Gasteiger partial charge in [-0.1, -0.05) is 32.0 Å².